The summed E-state index contributed by atoms with van der Waals surface area (Å²) < 4.78 is 36.6. The lowest BCUT2D eigenvalue weighted by Crippen LogP contribution is -2.31. The first-order valence-corrected chi connectivity index (χ1v) is 5.34. The number of nitrogens with zero attached hydrogens (tertiary/aromatic N) is 1. The van der Waals surface area contributed by atoms with Gasteiger partial charge in [0, 0.05) is 7.05 Å². The van der Waals surface area contributed by atoms with E-state index in [2.05, 4.69) is 0 Å². The Morgan fingerprint density at radius 2 is 2.00 bits per heavy atom. The van der Waals surface area contributed by atoms with E-state index in [-0.39, 0.29) is 10.7 Å². The summed E-state index contributed by atoms with van der Waals surface area (Å²) in [5, 5.41) is 9.50. The molecule has 17 heavy (non-hydrogen) atoms. The first kappa shape index (κ1) is 14.1. The molecule has 0 bridgehead atoms. The standard InChI is InChI=1S/C11H13ClF3NO/c1-7(17)8-3-4-10(9(12)5-8)16(2)6-11(13,14)15/h3-5,7,17H,6H2,1-2H3/t7-/m0/s1. The molecule has 0 radical (unpaired) electrons. The van der Waals surface area contributed by atoms with Gasteiger partial charge in [-0.25, -0.2) is 0 Å². The van der Waals surface area contributed by atoms with Gasteiger partial charge in [0.25, 0.3) is 0 Å². The number of alkyl halides is 3. The van der Waals surface area contributed by atoms with E-state index in [1.165, 1.54) is 19.2 Å². The molecule has 1 aromatic rings. The van der Waals surface area contributed by atoms with Crippen LogP contribution in [0.25, 0.3) is 0 Å². The van der Waals surface area contributed by atoms with Crippen molar-refractivity contribution >= 4 is 17.3 Å². The fourth-order valence-corrected chi connectivity index (χ4v) is 1.78. The van der Waals surface area contributed by atoms with Crippen molar-refractivity contribution < 1.29 is 18.3 Å². The summed E-state index contributed by atoms with van der Waals surface area (Å²) in [7, 11) is 1.32. The number of hydrogen-bond donors (Lipinski definition) is 1. The molecular weight excluding hydrogens is 255 g/mol. The molecule has 0 amide bonds. The molecule has 6 heteroatoms. The van der Waals surface area contributed by atoms with E-state index >= 15 is 0 Å². The van der Waals surface area contributed by atoms with Crippen LogP contribution in [0.3, 0.4) is 0 Å². The summed E-state index contributed by atoms with van der Waals surface area (Å²) in [5.41, 5.74) is 0.854. The monoisotopic (exact) mass is 267 g/mol. The summed E-state index contributed by atoms with van der Waals surface area (Å²) >= 11 is 5.88. The second-order valence-corrected chi connectivity index (χ2v) is 4.27. The normalized spacial score (nSPS) is 13.6. The average molecular weight is 268 g/mol. The van der Waals surface area contributed by atoms with Crippen LogP contribution in [0.1, 0.15) is 18.6 Å². The van der Waals surface area contributed by atoms with Gasteiger partial charge in [0.1, 0.15) is 6.54 Å². The molecule has 0 fully saturated rings. The minimum atomic E-state index is -4.28. The zero-order valence-corrected chi connectivity index (χ0v) is 10.2. The molecule has 1 atom stereocenters. The van der Waals surface area contributed by atoms with E-state index in [1.807, 2.05) is 0 Å². The van der Waals surface area contributed by atoms with E-state index in [0.29, 0.717) is 5.56 Å². The van der Waals surface area contributed by atoms with Gasteiger partial charge in [-0.05, 0) is 24.6 Å². The van der Waals surface area contributed by atoms with E-state index in [9.17, 15) is 18.3 Å². The van der Waals surface area contributed by atoms with Crippen LogP contribution in [0.5, 0.6) is 0 Å². The van der Waals surface area contributed by atoms with Crippen molar-refractivity contribution in [3.05, 3.63) is 28.8 Å². The van der Waals surface area contributed by atoms with E-state index in [4.69, 9.17) is 11.6 Å². The molecule has 0 aromatic heterocycles. The van der Waals surface area contributed by atoms with Crippen LogP contribution in [0.2, 0.25) is 5.02 Å². The molecule has 0 spiro atoms. The second kappa shape index (κ2) is 5.14. The fraction of sp³-hybridized carbons (Fsp3) is 0.455. The third-order valence-corrected chi connectivity index (χ3v) is 2.58. The highest BCUT2D eigenvalue weighted by molar-refractivity contribution is 6.33. The molecule has 1 N–H and O–H groups in total. The summed E-state index contributed by atoms with van der Waals surface area (Å²) in [6.07, 6.45) is -4.98. The first-order chi connectivity index (χ1) is 7.70. The quantitative estimate of drug-likeness (QED) is 0.907. The Hall–Kier alpha value is -0.940. The number of aliphatic hydroxyl groups excluding tert-OH is 1. The van der Waals surface area contributed by atoms with Gasteiger partial charge >= 0.3 is 6.18 Å². The second-order valence-electron chi connectivity index (χ2n) is 3.86. The third-order valence-electron chi connectivity index (χ3n) is 2.28. The van der Waals surface area contributed by atoms with Gasteiger partial charge in [0.2, 0.25) is 0 Å². The smallest absolute Gasteiger partial charge is 0.389 e. The summed E-state index contributed by atoms with van der Waals surface area (Å²) in [5.74, 6) is 0. The Kier molecular flexibility index (Phi) is 4.27. The fourth-order valence-electron chi connectivity index (χ4n) is 1.45. The van der Waals surface area contributed by atoms with Crippen molar-refractivity contribution in [3.8, 4) is 0 Å². The molecule has 0 saturated carbocycles. The van der Waals surface area contributed by atoms with Crippen molar-refractivity contribution in [1.82, 2.24) is 0 Å². The lowest BCUT2D eigenvalue weighted by Gasteiger charge is -2.22. The lowest BCUT2D eigenvalue weighted by atomic mass is 10.1. The van der Waals surface area contributed by atoms with Gasteiger partial charge in [-0.1, -0.05) is 17.7 Å². The van der Waals surface area contributed by atoms with Crippen molar-refractivity contribution in [3.63, 3.8) is 0 Å². The maximum atomic E-state index is 12.2. The van der Waals surface area contributed by atoms with Crippen molar-refractivity contribution in [2.24, 2.45) is 0 Å². The molecule has 0 heterocycles. The molecule has 0 aliphatic rings. The zero-order chi connectivity index (χ0) is 13.2. The van der Waals surface area contributed by atoms with Crippen LogP contribution < -0.4 is 4.90 Å². The number of benzene rings is 1. The average Bonchev–Trinajstić information content (AvgIpc) is 2.14. The maximum Gasteiger partial charge on any atom is 0.405 e. The van der Waals surface area contributed by atoms with Gasteiger partial charge in [-0.3, -0.25) is 0 Å². The molecule has 0 saturated heterocycles. The summed E-state index contributed by atoms with van der Waals surface area (Å²) in [6, 6.07) is 4.49. The van der Waals surface area contributed by atoms with Gasteiger partial charge < -0.3 is 10.0 Å². The van der Waals surface area contributed by atoms with Crippen LogP contribution in [0.4, 0.5) is 18.9 Å². The molecular formula is C11H13ClF3NO. The molecule has 2 nitrogen and oxygen atoms in total. The number of anilines is 1. The molecule has 0 aliphatic heterocycles. The minimum absolute atomic E-state index is 0.190. The Labute approximate surface area is 103 Å². The number of halogens is 4. The highest BCUT2D eigenvalue weighted by Gasteiger charge is 2.30. The Bertz CT molecular complexity index is 393. The summed E-state index contributed by atoms with van der Waals surface area (Å²) in [6.45, 7) is 0.492. The summed E-state index contributed by atoms with van der Waals surface area (Å²) in [4.78, 5) is 1.02. The Morgan fingerprint density at radius 3 is 2.41 bits per heavy atom. The van der Waals surface area contributed by atoms with Crippen LogP contribution in [0.15, 0.2) is 18.2 Å². The van der Waals surface area contributed by atoms with Gasteiger partial charge in [-0.15, -0.1) is 0 Å². The van der Waals surface area contributed by atoms with E-state index in [1.54, 1.807) is 13.0 Å². The topological polar surface area (TPSA) is 23.5 Å². The van der Waals surface area contributed by atoms with E-state index < -0.39 is 18.8 Å². The van der Waals surface area contributed by atoms with E-state index in [0.717, 1.165) is 4.90 Å². The van der Waals surface area contributed by atoms with Crippen LogP contribution in [-0.2, 0) is 0 Å². The van der Waals surface area contributed by atoms with Gasteiger partial charge in [-0.2, -0.15) is 13.2 Å². The predicted molar refractivity (Wildman–Crippen MR) is 61.4 cm³/mol. The van der Waals surface area contributed by atoms with Gasteiger partial charge in [0.05, 0.1) is 16.8 Å². The molecule has 0 aliphatic carbocycles. The van der Waals surface area contributed by atoms with Crippen LogP contribution >= 0.6 is 11.6 Å². The maximum absolute atomic E-state index is 12.2. The SMILES string of the molecule is C[C@H](O)c1ccc(N(C)CC(F)(F)F)c(Cl)c1. The highest BCUT2D eigenvalue weighted by atomic mass is 35.5. The number of rotatable bonds is 3. The van der Waals surface area contributed by atoms with Crippen molar-refractivity contribution in [2.45, 2.75) is 19.2 Å². The minimum Gasteiger partial charge on any atom is -0.389 e. The van der Waals surface area contributed by atoms with Crippen molar-refractivity contribution in [2.75, 3.05) is 18.5 Å². The third kappa shape index (κ3) is 4.09. The molecule has 1 rings (SSSR count). The lowest BCUT2D eigenvalue weighted by molar-refractivity contribution is -0.119. The zero-order valence-electron chi connectivity index (χ0n) is 9.42. The highest BCUT2D eigenvalue weighted by Crippen LogP contribution is 2.30. The van der Waals surface area contributed by atoms with Gasteiger partial charge in [0.15, 0.2) is 0 Å². The molecule has 0 unspecified atom stereocenters. The largest absolute Gasteiger partial charge is 0.405 e. The number of aliphatic hydroxyl groups is 1. The molecule has 96 valence electrons. The van der Waals surface area contributed by atoms with Crippen LogP contribution in [-0.4, -0.2) is 24.9 Å². The number of hydrogen-bond acceptors (Lipinski definition) is 2. The first-order valence-electron chi connectivity index (χ1n) is 4.96. The Morgan fingerprint density at radius 1 is 1.41 bits per heavy atom. The molecule has 1 aromatic carbocycles. The van der Waals surface area contributed by atoms with Crippen molar-refractivity contribution in [1.29, 1.82) is 0 Å². The van der Waals surface area contributed by atoms with Crippen LogP contribution in [0, 0.1) is 0 Å². The predicted octanol–water partition coefficient (Wildman–Crippen LogP) is 3.39. The Balaban J connectivity index is 2.92.